The average molecular weight is 301 g/mol. The lowest BCUT2D eigenvalue weighted by Crippen LogP contribution is -2.35. The van der Waals surface area contributed by atoms with Gasteiger partial charge in [-0.15, -0.1) is 6.58 Å². The zero-order valence-electron chi connectivity index (χ0n) is 13.3. The van der Waals surface area contributed by atoms with E-state index >= 15 is 0 Å². The standard InChI is InChI=1S/C18H23NO3/c1-5-12-19-18(21)14(4)22-17(20)11-8-15-6-9-16(10-7-15)13(2)3/h5-11,13-14H,1,12H2,2-4H3,(H,19,21)/b11-8+. The summed E-state index contributed by atoms with van der Waals surface area (Å²) < 4.78 is 5.02. The first kappa shape index (κ1) is 17.7. The quantitative estimate of drug-likeness (QED) is 0.478. The van der Waals surface area contributed by atoms with Gasteiger partial charge in [0.2, 0.25) is 0 Å². The molecule has 0 radical (unpaired) electrons. The molecule has 0 fully saturated rings. The number of carbonyl (C=O) groups excluding carboxylic acids is 2. The molecule has 118 valence electrons. The molecule has 0 saturated heterocycles. The van der Waals surface area contributed by atoms with Crippen molar-refractivity contribution in [2.75, 3.05) is 6.54 Å². The SMILES string of the molecule is C=CCNC(=O)C(C)OC(=O)/C=C/c1ccc(C(C)C)cc1. The van der Waals surface area contributed by atoms with Gasteiger partial charge in [-0.25, -0.2) is 4.79 Å². The summed E-state index contributed by atoms with van der Waals surface area (Å²) in [6, 6.07) is 7.95. The van der Waals surface area contributed by atoms with Crippen molar-refractivity contribution in [2.24, 2.45) is 0 Å². The van der Waals surface area contributed by atoms with Gasteiger partial charge >= 0.3 is 5.97 Å². The van der Waals surface area contributed by atoms with Crippen molar-refractivity contribution in [2.45, 2.75) is 32.8 Å². The topological polar surface area (TPSA) is 55.4 Å². The highest BCUT2D eigenvalue weighted by Gasteiger charge is 2.15. The first-order valence-corrected chi connectivity index (χ1v) is 7.31. The number of nitrogens with one attached hydrogen (secondary N) is 1. The molecule has 1 amide bonds. The second-order valence-corrected chi connectivity index (χ2v) is 5.27. The molecule has 1 atom stereocenters. The Morgan fingerprint density at radius 2 is 1.86 bits per heavy atom. The minimum atomic E-state index is -0.833. The molecule has 1 aromatic rings. The van der Waals surface area contributed by atoms with Crippen molar-refractivity contribution in [3.8, 4) is 0 Å². The number of hydrogen-bond acceptors (Lipinski definition) is 3. The minimum Gasteiger partial charge on any atom is -0.449 e. The van der Waals surface area contributed by atoms with Crippen LogP contribution in [0.4, 0.5) is 0 Å². The van der Waals surface area contributed by atoms with Gasteiger partial charge in [-0.05, 0) is 30.0 Å². The molecule has 0 aliphatic carbocycles. The molecule has 0 aromatic heterocycles. The number of esters is 1. The lowest BCUT2D eigenvalue weighted by atomic mass is 10.0. The third kappa shape index (κ3) is 5.95. The summed E-state index contributed by atoms with van der Waals surface area (Å²) in [5.41, 5.74) is 2.15. The van der Waals surface area contributed by atoms with Crippen LogP contribution in [0.5, 0.6) is 0 Å². The lowest BCUT2D eigenvalue weighted by molar-refractivity contribution is -0.150. The van der Waals surface area contributed by atoms with Crippen molar-refractivity contribution >= 4 is 18.0 Å². The highest BCUT2D eigenvalue weighted by molar-refractivity contribution is 5.90. The fourth-order valence-corrected chi connectivity index (χ4v) is 1.74. The molecule has 0 aliphatic rings. The van der Waals surface area contributed by atoms with E-state index in [9.17, 15) is 9.59 Å². The summed E-state index contributed by atoms with van der Waals surface area (Å²) in [6.45, 7) is 9.63. The fourth-order valence-electron chi connectivity index (χ4n) is 1.74. The molecule has 0 bridgehead atoms. The van der Waals surface area contributed by atoms with Crippen LogP contribution in [0, 0.1) is 0 Å². The molecular formula is C18H23NO3. The van der Waals surface area contributed by atoms with E-state index in [-0.39, 0.29) is 5.91 Å². The van der Waals surface area contributed by atoms with Gasteiger partial charge in [-0.3, -0.25) is 4.79 Å². The minimum absolute atomic E-state index is 0.345. The zero-order valence-corrected chi connectivity index (χ0v) is 13.3. The number of amides is 1. The molecule has 1 aromatic carbocycles. The van der Waals surface area contributed by atoms with Crippen molar-refractivity contribution in [1.29, 1.82) is 0 Å². The summed E-state index contributed by atoms with van der Waals surface area (Å²) in [5.74, 6) is -0.421. The molecule has 0 heterocycles. The van der Waals surface area contributed by atoms with Gasteiger partial charge < -0.3 is 10.1 Å². The second kappa shape index (κ2) is 8.82. The molecule has 1 rings (SSSR count). The molecule has 0 spiro atoms. The average Bonchev–Trinajstić information content (AvgIpc) is 2.50. The van der Waals surface area contributed by atoms with Gasteiger partial charge in [0.05, 0.1) is 0 Å². The van der Waals surface area contributed by atoms with E-state index in [0.29, 0.717) is 12.5 Å². The highest BCUT2D eigenvalue weighted by Crippen LogP contribution is 2.15. The Kier molecular flexibility index (Phi) is 7.09. The Balaban J connectivity index is 2.53. The van der Waals surface area contributed by atoms with Gasteiger partial charge in [0.15, 0.2) is 6.10 Å². The van der Waals surface area contributed by atoms with Gasteiger partial charge in [-0.2, -0.15) is 0 Å². The predicted octanol–water partition coefficient (Wildman–Crippen LogP) is 3.06. The molecule has 4 heteroatoms. The van der Waals surface area contributed by atoms with E-state index in [1.54, 1.807) is 12.2 Å². The van der Waals surface area contributed by atoms with Crippen LogP contribution >= 0.6 is 0 Å². The van der Waals surface area contributed by atoms with Crippen LogP contribution in [0.25, 0.3) is 6.08 Å². The summed E-state index contributed by atoms with van der Waals surface area (Å²) >= 11 is 0. The number of rotatable bonds is 7. The number of ether oxygens (including phenoxy) is 1. The first-order valence-electron chi connectivity index (χ1n) is 7.31. The number of carbonyl (C=O) groups is 2. The van der Waals surface area contributed by atoms with E-state index in [1.165, 1.54) is 18.6 Å². The Morgan fingerprint density at radius 1 is 1.23 bits per heavy atom. The van der Waals surface area contributed by atoms with E-state index in [1.807, 2.05) is 24.3 Å². The highest BCUT2D eigenvalue weighted by atomic mass is 16.5. The van der Waals surface area contributed by atoms with E-state index in [2.05, 4.69) is 25.7 Å². The Bertz CT molecular complexity index is 544. The Hall–Kier alpha value is -2.36. The largest absolute Gasteiger partial charge is 0.449 e. The lowest BCUT2D eigenvalue weighted by Gasteiger charge is -2.11. The van der Waals surface area contributed by atoms with Gasteiger partial charge in [-0.1, -0.05) is 44.2 Å². The maximum absolute atomic E-state index is 11.7. The predicted molar refractivity (Wildman–Crippen MR) is 88.3 cm³/mol. The molecule has 0 saturated carbocycles. The van der Waals surface area contributed by atoms with Gasteiger partial charge in [0, 0.05) is 12.6 Å². The smallest absolute Gasteiger partial charge is 0.331 e. The number of benzene rings is 1. The maximum atomic E-state index is 11.7. The normalized spacial score (nSPS) is 12.2. The molecular weight excluding hydrogens is 278 g/mol. The summed E-state index contributed by atoms with van der Waals surface area (Å²) in [7, 11) is 0. The molecule has 22 heavy (non-hydrogen) atoms. The van der Waals surface area contributed by atoms with Crippen molar-refractivity contribution in [3.63, 3.8) is 0 Å². The van der Waals surface area contributed by atoms with Crippen LogP contribution in [0.3, 0.4) is 0 Å². The van der Waals surface area contributed by atoms with Crippen molar-refractivity contribution < 1.29 is 14.3 Å². The zero-order chi connectivity index (χ0) is 16.5. The monoisotopic (exact) mass is 301 g/mol. The van der Waals surface area contributed by atoms with Crippen molar-refractivity contribution in [1.82, 2.24) is 5.32 Å². The third-order valence-corrected chi connectivity index (χ3v) is 3.10. The summed E-state index contributed by atoms with van der Waals surface area (Å²) in [6.07, 6.45) is 3.72. The van der Waals surface area contributed by atoms with Crippen LogP contribution in [0.1, 0.15) is 37.8 Å². The first-order chi connectivity index (χ1) is 10.4. The van der Waals surface area contributed by atoms with Gasteiger partial charge in [0.1, 0.15) is 0 Å². The van der Waals surface area contributed by atoms with E-state index < -0.39 is 12.1 Å². The van der Waals surface area contributed by atoms with E-state index in [0.717, 1.165) is 5.56 Å². The number of hydrogen-bond donors (Lipinski definition) is 1. The van der Waals surface area contributed by atoms with Crippen LogP contribution in [-0.4, -0.2) is 24.5 Å². The van der Waals surface area contributed by atoms with Gasteiger partial charge in [0.25, 0.3) is 5.91 Å². The molecule has 1 N–H and O–H groups in total. The van der Waals surface area contributed by atoms with Crippen LogP contribution < -0.4 is 5.32 Å². The Labute approximate surface area is 131 Å². The van der Waals surface area contributed by atoms with E-state index in [4.69, 9.17) is 4.74 Å². The van der Waals surface area contributed by atoms with Crippen LogP contribution in [0.2, 0.25) is 0 Å². The molecule has 1 unspecified atom stereocenters. The summed E-state index contributed by atoms with van der Waals surface area (Å²) in [4.78, 5) is 23.2. The van der Waals surface area contributed by atoms with Crippen molar-refractivity contribution in [3.05, 3.63) is 54.1 Å². The third-order valence-electron chi connectivity index (χ3n) is 3.10. The second-order valence-electron chi connectivity index (χ2n) is 5.27. The molecule has 4 nitrogen and oxygen atoms in total. The summed E-state index contributed by atoms with van der Waals surface area (Å²) in [5, 5.41) is 2.57. The van der Waals surface area contributed by atoms with Crippen LogP contribution in [-0.2, 0) is 14.3 Å². The maximum Gasteiger partial charge on any atom is 0.331 e. The molecule has 0 aliphatic heterocycles. The Morgan fingerprint density at radius 3 is 2.41 bits per heavy atom. The fraction of sp³-hybridized carbons (Fsp3) is 0.333. The van der Waals surface area contributed by atoms with Crippen LogP contribution in [0.15, 0.2) is 43.0 Å².